The van der Waals surface area contributed by atoms with Gasteiger partial charge in [0.25, 0.3) is 0 Å². The molecule has 132 valence electrons. The van der Waals surface area contributed by atoms with Crippen LogP contribution in [0, 0.1) is 5.92 Å². The molecule has 1 amide bonds. The van der Waals surface area contributed by atoms with E-state index >= 15 is 0 Å². The SMILES string of the molecule is CCCCCOC(=O)C1CCN(C(=O)OCc2ccccc2)CC1. The molecule has 1 heterocycles. The van der Waals surface area contributed by atoms with Crippen LogP contribution in [-0.4, -0.2) is 36.7 Å². The zero-order valence-corrected chi connectivity index (χ0v) is 14.4. The number of hydrogen-bond donors (Lipinski definition) is 0. The molecule has 1 aromatic rings. The molecule has 0 radical (unpaired) electrons. The Kier molecular flexibility index (Phi) is 7.59. The lowest BCUT2D eigenvalue weighted by Crippen LogP contribution is -2.40. The number of amides is 1. The van der Waals surface area contributed by atoms with E-state index in [2.05, 4.69) is 6.92 Å². The number of unbranched alkanes of at least 4 members (excludes halogenated alkanes) is 2. The van der Waals surface area contributed by atoms with Crippen LogP contribution < -0.4 is 0 Å². The molecular formula is C19H27NO4. The van der Waals surface area contributed by atoms with E-state index in [4.69, 9.17) is 9.47 Å². The third kappa shape index (κ3) is 5.87. The normalized spacial score (nSPS) is 15.1. The smallest absolute Gasteiger partial charge is 0.410 e. The van der Waals surface area contributed by atoms with Crippen molar-refractivity contribution in [3.8, 4) is 0 Å². The molecule has 1 fully saturated rings. The number of hydrogen-bond acceptors (Lipinski definition) is 4. The summed E-state index contributed by atoms with van der Waals surface area (Å²) < 4.78 is 10.6. The van der Waals surface area contributed by atoms with E-state index in [0.29, 0.717) is 32.5 Å². The Hall–Kier alpha value is -2.04. The fraction of sp³-hybridized carbons (Fsp3) is 0.579. The molecule has 1 aromatic carbocycles. The molecular weight excluding hydrogens is 306 g/mol. The summed E-state index contributed by atoms with van der Waals surface area (Å²) in [6, 6.07) is 9.61. The summed E-state index contributed by atoms with van der Waals surface area (Å²) in [6.07, 6.45) is 4.10. The van der Waals surface area contributed by atoms with Crippen molar-refractivity contribution in [2.75, 3.05) is 19.7 Å². The molecule has 0 spiro atoms. The summed E-state index contributed by atoms with van der Waals surface area (Å²) in [5.41, 5.74) is 0.969. The molecule has 0 unspecified atom stereocenters. The molecule has 0 bridgehead atoms. The summed E-state index contributed by atoms with van der Waals surface area (Å²) >= 11 is 0. The number of esters is 1. The summed E-state index contributed by atoms with van der Waals surface area (Å²) in [4.78, 5) is 25.7. The maximum absolute atomic E-state index is 12.1. The van der Waals surface area contributed by atoms with Gasteiger partial charge in [-0.2, -0.15) is 0 Å². The molecule has 0 aliphatic carbocycles. The quantitative estimate of drug-likeness (QED) is 0.563. The monoisotopic (exact) mass is 333 g/mol. The van der Waals surface area contributed by atoms with Crippen LogP contribution in [0.2, 0.25) is 0 Å². The molecule has 1 aliphatic heterocycles. The molecule has 0 aromatic heterocycles. The lowest BCUT2D eigenvalue weighted by atomic mass is 9.97. The molecule has 5 nitrogen and oxygen atoms in total. The van der Waals surface area contributed by atoms with Gasteiger partial charge in [-0.3, -0.25) is 4.79 Å². The fourth-order valence-corrected chi connectivity index (χ4v) is 2.75. The van der Waals surface area contributed by atoms with E-state index in [-0.39, 0.29) is 24.6 Å². The Bertz CT molecular complexity index is 509. The minimum absolute atomic E-state index is 0.0928. The third-order valence-corrected chi connectivity index (χ3v) is 4.28. The van der Waals surface area contributed by atoms with Gasteiger partial charge in [0, 0.05) is 13.1 Å². The van der Waals surface area contributed by atoms with E-state index in [1.807, 2.05) is 30.3 Å². The van der Waals surface area contributed by atoms with Crippen LogP contribution in [0.3, 0.4) is 0 Å². The number of piperidine rings is 1. The van der Waals surface area contributed by atoms with Crippen molar-refractivity contribution in [2.45, 2.75) is 45.6 Å². The number of carbonyl (C=O) groups is 2. The van der Waals surface area contributed by atoms with Crippen LogP contribution in [0.5, 0.6) is 0 Å². The lowest BCUT2D eigenvalue weighted by Gasteiger charge is -2.30. The summed E-state index contributed by atoms with van der Waals surface area (Å²) in [7, 11) is 0. The zero-order valence-electron chi connectivity index (χ0n) is 14.4. The van der Waals surface area contributed by atoms with Crippen molar-refractivity contribution in [3.05, 3.63) is 35.9 Å². The highest BCUT2D eigenvalue weighted by Crippen LogP contribution is 2.19. The van der Waals surface area contributed by atoms with Crippen LogP contribution >= 0.6 is 0 Å². The first-order valence-electron chi connectivity index (χ1n) is 8.83. The second-order valence-corrected chi connectivity index (χ2v) is 6.18. The van der Waals surface area contributed by atoms with Gasteiger partial charge in [-0.1, -0.05) is 50.1 Å². The van der Waals surface area contributed by atoms with Crippen molar-refractivity contribution in [3.63, 3.8) is 0 Å². The first kappa shape index (κ1) is 18.3. The van der Waals surface area contributed by atoms with E-state index < -0.39 is 0 Å². The summed E-state index contributed by atoms with van der Waals surface area (Å²) in [5.74, 6) is -0.215. The van der Waals surface area contributed by atoms with Crippen molar-refractivity contribution in [1.29, 1.82) is 0 Å². The molecule has 5 heteroatoms. The fourth-order valence-electron chi connectivity index (χ4n) is 2.75. The van der Waals surface area contributed by atoms with Gasteiger partial charge in [-0.05, 0) is 24.8 Å². The summed E-state index contributed by atoms with van der Waals surface area (Å²) in [6.45, 7) is 3.99. The first-order chi connectivity index (χ1) is 11.7. The van der Waals surface area contributed by atoms with E-state index in [0.717, 1.165) is 24.8 Å². The predicted molar refractivity (Wildman–Crippen MR) is 91.4 cm³/mol. The Morgan fingerprint density at radius 3 is 2.46 bits per heavy atom. The highest BCUT2D eigenvalue weighted by atomic mass is 16.6. The molecule has 2 rings (SSSR count). The molecule has 0 atom stereocenters. The number of rotatable bonds is 7. The van der Waals surface area contributed by atoms with Crippen LogP contribution in [-0.2, 0) is 20.9 Å². The van der Waals surface area contributed by atoms with Gasteiger partial charge >= 0.3 is 12.1 Å². The van der Waals surface area contributed by atoms with Gasteiger partial charge in [0.1, 0.15) is 6.61 Å². The lowest BCUT2D eigenvalue weighted by molar-refractivity contribution is -0.150. The van der Waals surface area contributed by atoms with Crippen LogP contribution in [0.15, 0.2) is 30.3 Å². The van der Waals surface area contributed by atoms with Crippen LogP contribution in [0.1, 0.15) is 44.6 Å². The first-order valence-corrected chi connectivity index (χ1v) is 8.83. The number of carbonyl (C=O) groups excluding carboxylic acids is 2. The van der Waals surface area contributed by atoms with Crippen LogP contribution in [0.4, 0.5) is 4.79 Å². The Balaban J connectivity index is 1.66. The van der Waals surface area contributed by atoms with Crippen molar-refractivity contribution in [1.82, 2.24) is 4.90 Å². The maximum atomic E-state index is 12.1. The largest absolute Gasteiger partial charge is 0.465 e. The van der Waals surface area contributed by atoms with Gasteiger partial charge < -0.3 is 14.4 Å². The maximum Gasteiger partial charge on any atom is 0.410 e. The van der Waals surface area contributed by atoms with E-state index in [1.165, 1.54) is 0 Å². The Morgan fingerprint density at radius 2 is 1.79 bits per heavy atom. The van der Waals surface area contributed by atoms with Gasteiger partial charge in [-0.25, -0.2) is 4.79 Å². The number of benzene rings is 1. The molecule has 24 heavy (non-hydrogen) atoms. The molecule has 0 saturated carbocycles. The topological polar surface area (TPSA) is 55.8 Å². The highest BCUT2D eigenvalue weighted by molar-refractivity contribution is 5.73. The average molecular weight is 333 g/mol. The average Bonchev–Trinajstić information content (AvgIpc) is 2.64. The zero-order chi connectivity index (χ0) is 17.2. The molecule has 0 N–H and O–H groups in total. The van der Waals surface area contributed by atoms with E-state index in [9.17, 15) is 9.59 Å². The van der Waals surface area contributed by atoms with Gasteiger partial charge in [0.05, 0.1) is 12.5 Å². The highest BCUT2D eigenvalue weighted by Gasteiger charge is 2.28. The van der Waals surface area contributed by atoms with Gasteiger partial charge in [0.2, 0.25) is 0 Å². The van der Waals surface area contributed by atoms with Crippen molar-refractivity contribution < 1.29 is 19.1 Å². The minimum Gasteiger partial charge on any atom is -0.465 e. The Morgan fingerprint density at radius 1 is 1.08 bits per heavy atom. The van der Waals surface area contributed by atoms with Crippen LogP contribution in [0.25, 0.3) is 0 Å². The second-order valence-electron chi connectivity index (χ2n) is 6.18. The van der Waals surface area contributed by atoms with Gasteiger partial charge in [-0.15, -0.1) is 0 Å². The third-order valence-electron chi connectivity index (χ3n) is 4.28. The molecule has 1 aliphatic rings. The summed E-state index contributed by atoms with van der Waals surface area (Å²) in [5, 5.41) is 0. The van der Waals surface area contributed by atoms with Crippen molar-refractivity contribution in [2.24, 2.45) is 5.92 Å². The van der Waals surface area contributed by atoms with Gasteiger partial charge in [0.15, 0.2) is 0 Å². The van der Waals surface area contributed by atoms with Crippen molar-refractivity contribution >= 4 is 12.1 Å². The predicted octanol–water partition coefficient (Wildman–Crippen LogP) is 3.77. The van der Waals surface area contributed by atoms with E-state index in [1.54, 1.807) is 4.90 Å². The number of nitrogens with zero attached hydrogens (tertiary/aromatic N) is 1. The minimum atomic E-state index is -0.311. The standard InChI is InChI=1S/C19H27NO4/c1-2-3-7-14-23-18(21)17-10-12-20(13-11-17)19(22)24-15-16-8-5-4-6-9-16/h4-6,8-9,17H,2-3,7,10-15H2,1H3. The number of likely N-dealkylation sites (tertiary alicyclic amines) is 1. The Labute approximate surface area is 143 Å². The second kappa shape index (κ2) is 9.96. The molecule has 1 saturated heterocycles. The number of ether oxygens (including phenoxy) is 2.